The van der Waals surface area contributed by atoms with Crippen molar-refractivity contribution in [3.63, 3.8) is 0 Å². The van der Waals surface area contributed by atoms with Crippen LogP contribution in [0.15, 0.2) is 54.6 Å². The van der Waals surface area contributed by atoms with Gasteiger partial charge < -0.3 is 10.2 Å². The molecule has 3 nitrogen and oxygen atoms in total. The Bertz CT molecular complexity index is 870. The zero-order valence-corrected chi connectivity index (χ0v) is 16.5. The minimum absolute atomic E-state index is 0.112. The van der Waals surface area contributed by atoms with Gasteiger partial charge in [-0.05, 0) is 67.6 Å². The van der Waals surface area contributed by atoms with E-state index in [-0.39, 0.29) is 11.9 Å². The number of fused-ring (bicyclic) bond motifs is 3. The van der Waals surface area contributed by atoms with E-state index in [2.05, 4.69) is 41.7 Å². The van der Waals surface area contributed by atoms with Crippen LogP contribution in [0.2, 0.25) is 5.02 Å². The second-order valence-electron chi connectivity index (χ2n) is 7.31. The van der Waals surface area contributed by atoms with Crippen LogP contribution in [0.1, 0.15) is 53.7 Å². The fourth-order valence-corrected chi connectivity index (χ4v) is 4.55. The van der Waals surface area contributed by atoms with Crippen molar-refractivity contribution >= 4 is 23.2 Å². The van der Waals surface area contributed by atoms with E-state index in [1.54, 1.807) is 0 Å². The molecular weight excluding hydrogens is 356 g/mol. The molecule has 2 aliphatic rings. The second-order valence-corrected chi connectivity index (χ2v) is 7.74. The Hall–Kier alpha value is -2.26. The van der Waals surface area contributed by atoms with Crippen LogP contribution in [-0.2, 0) is 0 Å². The van der Waals surface area contributed by atoms with Crippen LogP contribution in [0, 0.1) is 5.92 Å². The summed E-state index contributed by atoms with van der Waals surface area (Å²) in [5.74, 6) is 0.907. The third-order valence-electron chi connectivity index (χ3n) is 5.89. The van der Waals surface area contributed by atoms with Crippen LogP contribution in [0.3, 0.4) is 0 Å². The van der Waals surface area contributed by atoms with E-state index in [1.807, 2.05) is 36.9 Å². The molecule has 2 aromatic carbocycles. The van der Waals surface area contributed by atoms with E-state index in [0.29, 0.717) is 11.8 Å². The number of amides is 1. The van der Waals surface area contributed by atoms with Crippen LogP contribution < -0.4 is 5.32 Å². The van der Waals surface area contributed by atoms with Crippen LogP contribution in [0.25, 0.3) is 0 Å². The van der Waals surface area contributed by atoms with Gasteiger partial charge in [0.05, 0.1) is 6.04 Å². The summed E-state index contributed by atoms with van der Waals surface area (Å²) >= 11 is 6.07. The Labute approximate surface area is 166 Å². The summed E-state index contributed by atoms with van der Waals surface area (Å²) in [7, 11) is 0. The number of anilines is 1. The van der Waals surface area contributed by atoms with Crippen molar-refractivity contribution in [1.29, 1.82) is 0 Å². The monoisotopic (exact) mass is 380 g/mol. The van der Waals surface area contributed by atoms with Gasteiger partial charge in [-0.15, -0.1) is 0 Å². The number of halogens is 1. The lowest BCUT2D eigenvalue weighted by Crippen LogP contribution is -2.32. The number of carbonyl (C=O) groups excluding carboxylic acids is 1. The van der Waals surface area contributed by atoms with E-state index in [1.165, 1.54) is 11.1 Å². The molecule has 2 aromatic rings. The highest BCUT2D eigenvalue weighted by Gasteiger charge is 2.38. The molecule has 0 aromatic heterocycles. The van der Waals surface area contributed by atoms with E-state index in [0.717, 1.165) is 35.8 Å². The standard InChI is InChI=1S/C23H25ClN2O/c1-3-26(4-2)23(27)16-10-13-21-20(14-16)18-6-5-7-19(18)22(25-21)15-8-11-17(24)12-9-15/h5-6,8-14,18-19,22,25H,3-4,7H2,1-2H3/t18-,19-,22+/m0/s1. The van der Waals surface area contributed by atoms with Gasteiger partial charge in [-0.1, -0.05) is 35.9 Å². The van der Waals surface area contributed by atoms with Crippen molar-refractivity contribution in [2.45, 2.75) is 32.2 Å². The predicted octanol–water partition coefficient (Wildman–Crippen LogP) is 5.65. The molecule has 140 valence electrons. The summed E-state index contributed by atoms with van der Waals surface area (Å²) in [6.45, 7) is 5.51. The van der Waals surface area contributed by atoms with Crippen LogP contribution in [-0.4, -0.2) is 23.9 Å². The van der Waals surface area contributed by atoms with Crippen molar-refractivity contribution in [2.24, 2.45) is 5.92 Å². The highest BCUT2D eigenvalue weighted by atomic mass is 35.5. The third-order valence-corrected chi connectivity index (χ3v) is 6.14. The van der Waals surface area contributed by atoms with Gasteiger partial charge in [0.1, 0.15) is 0 Å². The topological polar surface area (TPSA) is 32.3 Å². The summed E-state index contributed by atoms with van der Waals surface area (Å²) in [5.41, 5.74) is 4.39. The number of nitrogens with one attached hydrogen (secondary N) is 1. The molecule has 1 N–H and O–H groups in total. The molecular formula is C23H25ClN2O. The fourth-order valence-electron chi connectivity index (χ4n) is 4.42. The minimum Gasteiger partial charge on any atom is -0.378 e. The summed E-state index contributed by atoms with van der Waals surface area (Å²) < 4.78 is 0. The molecule has 1 amide bonds. The average Bonchev–Trinajstić information content (AvgIpc) is 3.19. The first-order chi connectivity index (χ1) is 13.1. The fraction of sp³-hybridized carbons (Fsp3) is 0.348. The molecule has 1 heterocycles. The van der Waals surface area contributed by atoms with Crippen molar-refractivity contribution in [1.82, 2.24) is 4.90 Å². The van der Waals surface area contributed by atoms with Gasteiger partial charge >= 0.3 is 0 Å². The van der Waals surface area contributed by atoms with Crippen molar-refractivity contribution < 1.29 is 4.79 Å². The molecule has 0 unspecified atom stereocenters. The Kier molecular flexibility index (Phi) is 4.96. The molecule has 0 fully saturated rings. The molecule has 0 spiro atoms. The maximum Gasteiger partial charge on any atom is 0.253 e. The van der Waals surface area contributed by atoms with E-state index in [4.69, 9.17) is 11.6 Å². The van der Waals surface area contributed by atoms with Gasteiger partial charge in [0.2, 0.25) is 0 Å². The van der Waals surface area contributed by atoms with Crippen LogP contribution in [0.5, 0.6) is 0 Å². The molecule has 4 heteroatoms. The number of benzene rings is 2. The van der Waals surface area contributed by atoms with Gasteiger partial charge in [0, 0.05) is 35.3 Å². The normalized spacial score (nSPS) is 22.7. The Balaban J connectivity index is 1.69. The Morgan fingerprint density at radius 1 is 1.15 bits per heavy atom. The largest absolute Gasteiger partial charge is 0.378 e. The summed E-state index contributed by atoms with van der Waals surface area (Å²) in [6, 6.07) is 14.5. The second kappa shape index (κ2) is 7.40. The first-order valence-electron chi connectivity index (χ1n) is 9.74. The lowest BCUT2D eigenvalue weighted by molar-refractivity contribution is 0.0773. The van der Waals surface area contributed by atoms with Gasteiger partial charge in [0.15, 0.2) is 0 Å². The molecule has 27 heavy (non-hydrogen) atoms. The molecule has 0 saturated heterocycles. The zero-order valence-electron chi connectivity index (χ0n) is 15.8. The number of allylic oxidation sites excluding steroid dienone is 2. The smallest absolute Gasteiger partial charge is 0.253 e. The minimum atomic E-state index is 0.112. The van der Waals surface area contributed by atoms with E-state index >= 15 is 0 Å². The molecule has 0 radical (unpaired) electrons. The number of nitrogens with zero attached hydrogens (tertiary/aromatic N) is 1. The highest BCUT2D eigenvalue weighted by Crippen LogP contribution is 2.50. The van der Waals surface area contributed by atoms with Gasteiger partial charge in [-0.25, -0.2) is 0 Å². The Morgan fingerprint density at radius 3 is 2.59 bits per heavy atom. The summed E-state index contributed by atoms with van der Waals surface area (Å²) in [6.07, 6.45) is 5.62. The van der Waals surface area contributed by atoms with Crippen molar-refractivity contribution in [2.75, 3.05) is 18.4 Å². The van der Waals surface area contributed by atoms with Gasteiger partial charge in [-0.2, -0.15) is 0 Å². The SMILES string of the molecule is CCN(CC)C(=O)c1ccc2c(c1)[C@H]1C=CC[C@@H]1[C@@H](c1ccc(Cl)cc1)N2. The summed E-state index contributed by atoms with van der Waals surface area (Å²) in [4.78, 5) is 14.6. The number of carbonyl (C=O) groups is 1. The first-order valence-corrected chi connectivity index (χ1v) is 10.1. The number of rotatable bonds is 4. The third kappa shape index (κ3) is 3.25. The lowest BCUT2D eigenvalue weighted by atomic mass is 9.76. The van der Waals surface area contributed by atoms with Crippen molar-refractivity contribution in [3.8, 4) is 0 Å². The zero-order chi connectivity index (χ0) is 19.0. The maximum atomic E-state index is 12.8. The van der Waals surface area contributed by atoms with Crippen LogP contribution >= 0.6 is 11.6 Å². The number of hydrogen-bond donors (Lipinski definition) is 1. The lowest BCUT2D eigenvalue weighted by Gasteiger charge is -2.38. The molecule has 1 aliphatic carbocycles. The quantitative estimate of drug-likeness (QED) is 0.695. The van der Waals surface area contributed by atoms with Gasteiger partial charge in [-0.3, -0.25) is 4.79 Å². The predicted molar refractivity (Wildman–Crippen MR) is 111 cm³/mol. The van der Waals surface area contributed by atoms with E-state index < -0.39 is 0 Å². The van der Waals surface area contributed by atoms with Gasteiger partial charge in [0.25, 0.3) is 5.91 Å². The molecule has 0 saturated carbocycles. The maximum absolute atomic E-state index is 12.8. The Morgan fingerprint density at radius 2 is 1.89 bits per heavy atom. The van der Waals surface area contributed by atoms with Crippen molar-refractivity contribution in [3.05, 3.63) is 76.3 Å². The number of hydrogen-bond acceptors (Lipinski definition) is 2. The molecule has 3 atom stereocenters. The van der Waals surface area contributed by atoms with Crippen LogP contribution in [0.4, 0.5) is 5.69 Å². The molecule has 1 aliphatic heterocycles. The highest BCUT2D eigenvalue weighted by molar-refractivity contribution is 6.30. The first kappa shape index (κ1) is 18.1. The summed E-state index contributed by atoms with van der Waals surface area (Å²) in [5, 5.41) is 4.48. The molecule has 4 rings (SSSR count). The molecule has 0 bridgehead atoms. The average molecular weight is 381 g/mol. The van der Waals surface area contributed by atoms with E-state index in [9.17, 15) is 4.79 Å².